The largest absolute Gasteiger partial charge is 0.480 e. The molecule has 0 spiro atoms. The van der Waals surface area contributed by atoms with Gasteiger partial charge >= 0.3 is 5.97 Å². The van der Waals surface area contributed by atoms with Crippen molar-refractivity contribution in [1.82, 2.24) is 9.80 Å². The molecule has 2 fully saturated rings. The first-order chi connectivity index (χ1) is 8.79. The molecule has 0 saturated heterocycles. The molecule has 2 atom stereocenters. The van der Waals surface area contributed by atoms with Gasteiger partial charge in [0, 0.05) is 18.1 Å². The molecule has 0 aromatic rings. The number of aliphatic carboxylic acids is 1. The van der Waals surface area contributed by atoms with E-state index in [2.05, 4.69) is 30.9 Å². The summed E-state index contributed by atoms with van der Waals surface area (Å²) >= 11 is 0. The van der Waals surface area contributed by atoms with Crippen molar-refractivity contribution < 1.29 is 9.90 Å². The van der Waals surface area contributed by atoms with Gasteiger partial charge < -0.3 is 20.6 Å². The van der Waals surface area contributed by atoms with Gasteiger partial charge in [-0.25, -0.2) is 0 Å². The van der Waals surface area contributed by atoms with Crippen LogP contribution in [0.15, 0.2) is 0 Å². The zero-order valence-corrected chi connectivity index (χ0v) is 12.4. The first kappa shape index (κ1) is 14.8. The summed E-state index contributed by atoms with van der Waals surface area (Å²) in [5.41, 5.74) is 5.24. The molecule has 2 aliphatic rings. The molecule has 2 rings (SSSR count). The lowest BCUT2D eigenvalue weighted by Gasteiger charge is -2.50. The molecule has 19 heavy (non-hydrogen) atoms. The Balaban J connectivity index is 1.95. The Morgan fingerprint density at radius 3 is 2.32 bits per heavy atom. The van der Waals surface area contributed by atoms with Crippen LogP contribution in [0.5, 0.6) is 0 Å². The zero-order chi connectivity index (χ0) is 14.3. The molecular weight excluding hydrogens is 242 g/mol. The van der Waals surface area contributed by atoms with Crippen LogP contribution in [0.25, 0.3) is 0 Å². The molecule has 2 aliphatic carbocycles. The van der Waals surface area contributed by atoms with Crippen LogP contribution in [-0.2, 0) is 4.79 Å². The third-order valence-electron chi connectivity index (χ3n) is 5.35. The number of hydrogen-bond acceptors (Lipinski definition) is 4. The van der Waals surface area contributed by atoms with Crippen molar-refractivity contribution in [3.05, 3.63) is 0 Å². The summed E-state index contributed by atoms with van der Waals surface area (Å²) in [5.74, 6) is -0.852. The van der Waals surface area contributed by atoms with Gasteiger partial charge in [0.15, 0.2) is 0 Å². The van der Waals surface area contributed by atoms with Gasteiger partial charge in [0.05, 0.1) is 0 Å². The van der Waals surface area contributed by atoms with E-state index in [-0.39, 0.29) is 5.54 Å². The fraction of sp³-hybridized carbons (Fsp3) is 0.929. The van der Waals surface area contributed by atoms with Crippen molar-refractivity contribution in [3.8, 4) is 0 Å². The summed E-state index contributed by atoms with van der Waals surface area (Å²) < 4.78 is 0. The summed E-state index contributed by atoms with van der Waals surface area (Å²) in [7, 11) is 6.40. The second kappa shape index (κ2) is 5.04. The van der Waals surface area contributed by atoms with Crippen molar-refractivity contribution in [1.29, 1.82) is 0 Å². The standard InChI is InChI=1S/C14H27N3O2/c1-16(2)13(6-4-7-13)10-17(3)11-5-8-14(15,9-11)12(18)19/h11H,4-10,15H2,1-3H3,(H,18,19). The summed E-state index contributed by atoms with van der Waals surface area (Å²) in [6.45, 7) is 1.01. The van der Waals surface area contributed by atoms with Crippen molar-refractivity contribution >= 4 is 5.97 Å². The van der Waals surface area contributed by atoms with E-state index in [0.717, 1.165) is 13.0 Å². The van der Waals surface area contributed by atoms with E-state index in [1.54, 1.807) is 0 Å². The van der Waals surface area contributed by atoms with Crippen molar-refractivity contribution in [2.75, 3.05) is 27.7 Å². The Morgan fingerprint density at radius 2 is 1.95 bits per heavy atom. The lowest BCUT2D eigenvalue weighted by molar-refractivity contribution is -0.143. The molecule has 0 aromatic carbocycles. The smallest absolute Gasteiger partial charge is 0.323 e. The summed E-state index contributed by atoms with van der Waals surface area (Å²) in [4.78, 5) is 15.9. The maximum Gasteiger partial charge on any atom is 0.323 e. The minimum Gasteiger partial charge on any atom is -0.480 e. The van der Waals surface area contributed by atoms with Gasteiger partial charge in [-0.1, -0.05) is 0 Å². The number of carboxylic acids is 1. The van der Waals surface area contributed by atoms with Gasteiger partial charge in [-0.05, 0) is 59.7 Å². The molecule has 0 amide bonds. The van der Waals surface area contributed by atoms with Gasteiger partial charge in [-0.2, -0.15) is 0 Å². The monoisotopic (exact) mass is 269 g/mol. The molecule has 2 unspecified atom stereocenters. The first-order valence-electron chi connectivity index (χ1n) is 7.19. The lowest BCUT2D eigenvalue weighted by Crippen LogP contribution is -2.58. The van der Waals surface area contributed by atoms with E-state index in [1.165, 1.54) is 19.3 Å². The first-order valence-corrected chi connectivity index (χ1v) is 7.19. The Labute approximate surface area is 115 Å². The highest BCUT2D eigenvalue weighted by atomic mass is 16.4. The van der Waals surface area contributed by atoms with Gasteiger partial charge in [0.1, 0.15) is 5.54 Å². The van der Waals surface area contributed by atoms with Crippen molar-refractivity contribution in [2.24, 2.45) is 5.73 Å². The molecule has 2 saturated carbocycles. The summed E-state index contributed by atoms with van der Waals surface area (Å²) in [5, 5.41) is 9.20. The maximum absolute atomic E-state index is 11.2. The highest BCUT2D eigenvalue weighted by molar-refractivity contribution is 5.79. The quantitative estimate of drug-likeness (QED) is 0.770. The lowest BCUT2D eigenvalue weighted by atomic mass is 9.75. The molecule has 0 radical (unpaired) electrons. The third kappa shape index (κ3) is 2.64. The average molecular weight is 269 g/mol. The number of rotatable bonds is 5. The molecular formula is C14H27N3O2. The van der Waals surface area contributed by atoms with Gasteiger partial charge in [-0.3, -0.25) is 4.79 Å². The molecule has 3 N–H and O–H groups in total. The predicted octanol–water partition coefficient (Wildman–Crippen LogP) is 0.737. The van der Waals surface area contributed by atoms with Crippen LogP contribution in [0.3, 0.4) is 0 Å². The van der Waals surface area contributed by atoms with E-state index in [9.17, 15) is 9.90 Å². The number of hydrogen-bond donors (Lipinski definition) is 2. The average Bonchev–Trinajstić information content (AvgIpc) is 2.67. The minimum atomic E-state index is -1.01. The summed E-state index contributed by atoms with van der Waals surface area (Å²) in [6, 6.07) is 0.304. The molecule has 0 heterocycles. The molecule has 0 bridgehead atoms. The van der Waals surface area contributed by atoms with Crippen LogP contribution in [0.4, 0.5) is 0 Å². The van der Waals surface area contributed by atoms with Crippen molar-refractivity contribution in [2.45, 2.75) is 55.6 Å². The topological polar surface area (TPSA) is 69.8 Å². The second-order valence-corrected chi connectivity index (χ2v) is 6.75. The SMILES string of the molecule is CN(CC1(N(C)C)CCC1)C1CCC(N)(C(=O)O)C1. The Kier molecular flexibility index (Phi) is 3.91. The maximum atomic E-state index is 11.2. The van der Waals surface area contributed by atoms with Gasteiger partial charge in [0.25, 0.3) is 0 Å². The number of nitrogens with zero attached hydrogens (tertiary/aromatic N) is 2. The van der Waals surface area contributed by atoms with Crippen LogP contribution in [0, 0.1) is 0 Å². The van der Waals surface area contributed by atoms with Crippen LogP contribution in [0.2, 0.25) is 0 Å². The van der Waals surface area contributed by atoms with Gasteiger partial charge in [-0.15, -0.1) is 0 Å². The highest BCUT2D eigenvalue weighted by Crippen LogP contribution is 2.39. The Hall–Kier alpha value is -0.650. The van der Waals surface area contributed by atoms with Crippen LogP contribution in [0.1, 0.15) is 38.5 Å². The minimum absolute atomic E-state index is 0.290. The third-order valence-corrected chi connectivity index (χ3v) is 5.35. The predicted molar refractivity (Wildman–Crippen MR) is 75.1 cm³/mol. The van der Waals surface area contributed by atoms with E-state index >= 15 is 0 Å². The van der Waals surface area contributed by atoms with Crippen LogP contribution < -0.4 is 5.73 Å². The zero-order valence-electron chi connectivity index (χ0n) is 12.4. The molecule has 5 nitrogen and oxygen atoms in total. The number of carboxylic acid groups (broad SMARTS) is 1. The fourth-order valence-electron chi connectivity index (χ4n) is 3.54. The van der Waals surface area contributed by atoms with Gasteiger partial charge in [0.2, 0.25) is 0 Å². The van der Waals surface area contributed by atoms with E-state index in [0.29, 0.717) is 18.9 Å². The van der Waals surface area contributed by atoms with E-state index in [4.69, 9.17) is 5.73 Å². The van der Waals surface area contributed by atoms with Crippen LogP contribution >= 0.6 is 0 Å². The van der Waals surface area contributed by atoms with E-state index < -0.39 is 11.5 Å². The van der Waals surface area contributed by atoms with Crippen molar-refractivity contribution in [3.63, 3.8) is 0 Å². The highest BCUT2D eigenvalue weighted by Gasteiger charge is 2.46. The Bertz CT molecular complexity index is 355. The number of nitrogens with two attached hydrogens (primary N) is 1. The normalized spacial score (nSPS) is 33.7. The molecule has 110 valence electrons. The number of carbonyl (C=O) groups is 1. The van der Waals surface area contributed by atoms with Crippen LogP contribution in [-0.4, -0.2) is 65.7 Å². The fourth-order valence-corrected chi connectivity index (χ4v) is 3.54. The summed E-state index contributed by atoms with van der Waals surface area (Å²) in [6.07, 6.45) is 5.83. The number of likely N-dealkylation sites (N-methyl/N-ethyl adjacent to an activating group) is 2. The Morgan fingerprint density at radius 1 is 1.32 bits per heavy atom. The van der Waals surface area contributed by atoms with E-state index in [1.807, 2.05) is 0 Å². The molecule has 0 aliphatic heterocycles. The molecule has 5 heteroatoms. The molecule has 0 aromatic heterocycles. The second-order valence-electron chi connectivity index (χ2n) is 6.75.